The first-order chi connectivity index (χ1) is 14.5. The highest BCUT2D eigenvalue weighted by atomic mass is 16.5. The second kappa shape index (κ2) is 7.62. The van der Waals surface area contributed by atoms with Gasteiger partial charge in [-0.15, -0.1) is 0 Å². The van der Waals surface area contributed by atoms with Gasteiger partial charge in [0, 0.05) is 29.2 Å². The maximum atomic E-state index is 13.0. The molecule has 8 nitrogen and oxygen atoms in total. The number of hydrogen-bond acceptors (Lipinski definition) is 7. The van der Waals surface area contributed by atoms with E-state index in [1.807, 2.05) is 12.1 Å². The number of fused-ring (bicyclic) bond motifs is 2. The Morgan fingerprint density at radius 1 is 0.933 bits per heavy atom. The molecule has 0 saturated heterocycles. The molecule has 156 valence electrons. The minimum absolute atomic E-state index is 0.0103. The Balaban J connectivity index is 1.96. The van der Waals surface area contributed by atoms with Crippen LogP contribution >= 0.6 is 0 Å². The van der Waals surface area contributed by atoms with Gasteiger partial charge in [-0.05, 0) is 23.6 Å². The van der Waals surface area contributed by atoms with Gasteiger partial charge in [-0.25, -0.2) is 0 Å². The van der Waals surface area contributed by atoms with Crippen molar-refractivity contribution >= 4 is 16.9 Å². The predicted octanol–water partition coefficient (Wildman–Crippen LogP) is 3.00. The molecule has 0 amide bonds. The van der Waals surface area contributed by atoms with Crippen molar-refractivity contribution < 1.29 is 28.5 Å². The number of carbonyl (C=O) groups is 1. The number of carbonyl (C=O) groups excluding carboxylic acids is 1. The van der Waals surface area contributed by atoms with Gasteiger partial charge >= 0.3 is 5.97 Å². The van der Waals surface area contributed by atoms with E-state index >= 15 is 0 Å². The minimum atomic E-state index is -0.578. The summed E-state index contributed by atoms with van der Waals surface area (Å²) in [6.45, 7) is 0. The van der Waals surface area contributed by atoms with Crippen molar-refractivity contribution in [1.82, 2.24) is 4.98 Å². The third-order valence-electron chi connectivity index (χ3n) is 5.23. The molecule has 1 atom stereocenters. The summed E-state index contributed by atoms with van der Waals surface area (Å²) in [5, 5.41) is 0.810. The van der Waals surface area contributed by atoms with Gasteiger partial charge in [0.05, 0.1) is 40.4 Å². The number of esters is 1. The van der Waals surface area contributed by atoms with Crippen molar-refractivity contribution in [3.8, 4) is 28.7 Å². The lowest BCUT2D eigenvalue weighted by Crippen LogP contribution is -2.26. The van der Waals surface area contributed by atoms with Gasteiger partial charge in [0.25, 0.3) is 5.56 Å². The molecule has 0 spiro atoms. The van der Waals surface area contributed by atoms with Gasteiger partial charge in [0.2, 0.25) is 5.75 Å². The second-order valence-corrected chi connectivity index (χ2v) is 6.79. The van der Waals surface area contributed by atoms with Crippen LogP contribution < -0.4 is 29.2 Å². The topological polar surface area (TPSA) is 96.1 Å². The van der Waals surface area contributed by atoms with E-state index in [4.69, 9.17) is 23.7 Å². The maximum Gasteiger partial charge on any atom is 0.312 e. The Hall–Kier alpha value is -3.68. The summed E-state index contributed by atoms with van der Waals surface area (Å²) in [7, 11) is 6.02. The van der Waals surface area contributed by atoms with Crippen molar-refractivity contribution in [3.05, 3.63) is 51.8 Å². The Bertz CT molecular complexity index is 1200. The molecule has 0 radical (unpaired) electrons. The zero-order valence-corrected chi connectivity index (χ0v) is 17.0. The largest absolute Gasteiger partial charge is 0.497 e. The number of ether oxygens (including phenoxy) is 5. The van der Waals surface area contributed by atoms with Crippen LogP contribution in [0.2, 0.25) is 0 Å². The number of aromatic amines is 1. The number of benzene rings is 2. The summed E-state index contributed by atoms with van der Waals surface area (Å²) in [6.07, 6.45) is -0.0103. The SMILES string of the molecule is COc1ccc2cc(C3CC(=O)Oc4cc(OC)c(OC)c(OC)c43)c(=O)[nH]c2c1. The molecule has 1 N–H and O–H groups in total. The molecule has 0 fully saturated rings. The van der Waals surface area contributed by atoms with Crippen LogP contribution in [0.1, 0.15) is 23.5 Å². The van der Waals surface area contributed by atoms with E-state index in [1.165, 1.54) is 21.3 Å². The van der Waals surface area contributed by atoms with Gasteiger partial charge < -0.3 is 28.7 Å². The van der Waals surface area contributed by atoms with Gasteiger partial charge in [-0.1, -0.05) is 0 Å². The number of methoxy groups -OCH3 is 4. The lowest BCUT2D eigenvalue weighted by atomic mass is 9.85. The van der Waals surface area contributed by atoms with Crippen LogP contribution in [0.25, 0.3) is 10.9 Å². The van der Waals surface area contributed by atoms with Crippen LogP contribution in [0.15, 0.2) is 35.1 Å². The highest BCUT2D eigenvalue weighted by Crippen LogP contribution is 2.52. The average Bonchev–Trinajstić information content (AvgIpc) is 2.75. The molecule has 3 aromatic rings. The van der Waals surface area contributed by atoms with Crippen LogP contribution in [0.3, 0.4) is 0 Å². The minimum Gasteiger partial charge on any atom is -0.497 e. The summed E-state index contributed by atoms with van der Waals surface area (Å²) < 4.78 is 27.1. The fourth-order valence-electron chi connectivity index (χ4n) is 3.85. The molecule has 1 aromatic heterocycles. The summed E-state index contributed by atoms with van der Waals surface area (Å²) in [6, 6.07) is 8.75. The lowest BCUT2D eigenvalue weighted by molar-refractivity contribution is -0.135. The molecule has 8 heteroatoms. The highest BCUT2D eigenvalue weighted by Gasteiger charge is 2.36. The molecule has 0 saturated carbocycles. The third kappa shape index (κ3) is 3.10. The van der Waals surface area contributed by atoms with E-state index in [1.54, 1.807) is 25.3 Å². The lowest BCUT2D eigenvalue weighted by Gasteiger charge is -2.28. The van der Waals surface area contributed by atoms with Crippen LogP contribution in [0, 0.1) is 0 Å². The Morgan fingerprint density at radius 3 is 2.37 bits per heavy atom. The molecule has 2 heterocycles. The predicted molar refractivity (Wildman–Crippen MR) is 109 cm³/mol. The van der Waals surface area contributed by atoms with E-state index in [9.17, 15) is 9.59 Å². The molecule has 0 aliphatic carbocycles. The van der Waals surface area contributed by atoms with Crippen LogP contribution in [-0.4, -0.2) is 39.4 Å². The van der Waals surface area contributed by atoms with Gasteiger partial charge in [-0.2, -0.15) is 0 Å². The average molecular weight is 411 g/mol. The van der Waals surface area contributed by atoms with Crippen LogP contribution in [-0.2, 0) is 4.79 Å². The molecule has 30 heavy (non-hydrogen) atoms. The summed E-state index contributed by atoms with van der Waals surface area (Å²) >= 11 is 0. The van der Waals surface area contributed by atoms with E-state index in [0.717, 1.165) is 5.39 Å². The van der Waals surface area contributed by atoms with E-state index < -0.39 is 11.9 Å². The highest BCUT2D eigenvalue weighted by molar-refractivity contribution is 5.83. The van der Waals surface area contributed by atoms with Gasteiger partial charge in [0.1, 0.15) is 11.5 Å². The summed E-state index contributed by atoms with van der Waals surface area (Å²) in [4.78, 5) is 28.2. The number of nitrogens with one attached hydrogen (secondary N) is 1. The monoisotopic (exact) mass is 411 g/mol. The van der Waals surface area contributed by atoms with Crippen molar-refractivity contribution in [3.63, 3.8) is 0 Å². The summed E-state index contributed by atoms with van der Waals surface area (Å²) in [5.74, 6) is 0.974. The van der Waals surface area contributed by atoms with E-state index in [0.29, 0.717) is 39.6 Å². The third-order valence-corrected chi connectivity index (χ3v) is 5.23. The Kier molecular flexibility index (Phi) is 4.99. The molecule has 1 unspecified atom stereocenters. The number of H-pyrrole nitrogens is 1. The Morgan fingerprint density at radius 2 is 1.70 bits per heavy atom. The molecule has 1 aliphatic heterocycles. The summed E-state index contributed by atoms with van der Waals surface area (Å²) in [5.41, 5.74) is 1.32. The van der Waals surface area contributed by atoms with Crippen molar-refractivity contribution in [2.24, 2.45) is 0 Å². The van der Waals surface area contributed by atoms with E-state index in [2.05, 4.69) is 4.98 Å². The first-order valence-corrected chi connectivity index (χ1v) is 9.25. The fraction of sp³-hybridized carbons (Fsp3) is 0.273. The molecule has 0 bridgehead atoms. The zero-order chi connectivity index (χ0) is 21.4. The molecular weight excluding hydrogens is 390 g/mol. The van der Waals surface area contributed by atoms with Crippen molar-refractivity contribution in [1.29, 1.82) is 0 Å². The standard InChI is InChI=1S/C22H21NO7/c1-26-12-6-5-11-7-14(22(25)23-15(11)8-12)13-9-18(24)30-16-10-17(27-2)20(28-3)21(29-4)19(13)16/h5-8,10,13H,9H2,1-4H3,(H,23,25). The van der Waals surface area contributed by atoms with Gasteiger partial charge in [0.15, 0.2) is 11.5 Å². The molecular formula is C22H21NO7. The Labute approximate surface area is 172 Å². The first kappa shape index (κ1) is 19.6. The zero-order valence-electron chi connectivity index (χ0n) is 17.0. The van der Waals surface area contributed by atoms with Gasteiger partial charge in [-0.3, -0.25) is 9.59 Å². The van der Waals surface area contributed by atoms with Crippen LogP contribution in [0.4, 0.5) is 0 Å². The molecule has 4 rings (SSSR count). The quantitative estimate of drug-likeness (QED) is 0.509. The first-order valence-electron chi connectivity index (χ1n) is 9.25. The fourth-order valence-corrected chi connectivity index (χ4v) is 3.85. The van der Waals surface area contributed by atoms with Crippen LogP contribution in [0.5, 0.6) is 28.7 Å². The number of rotatable bonds is 5. The second-order valence-electron chi connectivity index (χ2n) is 6.79. The molecule has 2 aromatic carbocycles. The molecule has 1 aliphatic rings. The number of hydrogen-bond donors (Lipinski definition) is 1. The maximum absolute atomic E-state index is 13.0. The number of pyridine rings is 1. The normalized spacial score (nSPS) is 15.3. The number of aromatic nitrogens is 1. The van der Waals surface area contributed by atoms with E-state index in [-0.39, 0.29) is 17.7 Å². The van der Waals surface area contributed by atoms with Crippen molar-refractivity contribution in [2.75, 3.05) is 28.4 Å². The smallest absolute Gasteiger partial charge is 0.312 e. The van der Waals surface area contributed by atoms with Crippen molar-refractivity contribution in [2.45, 2.75) is 12.3 Å².